The molecule has 0 radical (unpaired) electrons. The Balaban J connectivity index is 1.14. The van der Waals surface area contributed by atoms with E-state index in [4.69, 9.17) is 4.74 Å². The third kappa shape index (κ3) is 3.43. The van der Waals surface area contributed by atoms with Gasteiger partial charge in [-0.2, -0.15) is 5.10 Å². The van der Waals surface area contributed by atoms with Gasteiger partial charge >= 0.3 is 6.03 Å². The highest BCUT2D eigenvalue weighted by Gasteiger charge is 2.43. The van der Waals surface area contributed by atoms with Gasteiger partial charge in [0.25, 0.3) is 0 Å². The number of hydrogen-bond donors (Lipinski definition) is 1. The predicted octanol–water partition coefficient (Wildman–Crippen LogP) is 2.25. The normalized spacial score (nSPS) is 35.6. The maximum absolute atomic E-state index is 12.9. The van der Waals surface area contributed by atoms with Gasteiger partial charge in [-0.1, -0.05) is 6.42 Å². The topological polar surface area (TPSA) is 62.6 Å². The molecule has 5 atom stereocenters. The van der Waals surface area contributed by atoms with Gasteiger partial charge in [0.1, 0.15) is 6.10 Å². The second kappa shape index (κ2) is 7.67. The van der Waals surface area contributed by atoms with Crippen molar-refractivity contribution in [2.45, 2.75) is 63.8 Å². The second-order valence-corrected chi connectivity index (χ2v) is 9.03. The van der Waals surface area contributed by atoms with Crippen LogP contribution in [-0.4, -0.2) is 70.5 Å². The van der Waals surface area contributed by atoms with E-state index in [9.17, 15) is 4.79 Å². The summed E-state index contributed by atoms with van der Waals surface area (Å²) in [5, 5.41) is 7.60. The lowest BCUT2D eigenvalue weighted by Gasteiger charge is -2.41. The van der Waals surface area contributed by atoms with Gasteiger partial charge in [0.15, 0.2) is 0 Å². The molecule has 154 valence electrons. The molecule has 4 aliphatic rings. The molecular formula is C21H33N5O2. The maximum atomic E-state index is 12.9. The van der Waals surface area contributed by atoms with Crippen LogP contribution in [0, 0.1) is 11.8 Å². The van der Waals surface area contributed by atoms with Crippen LogP contribution in [0.3, 0.4) is 0 Å². The fraction of sp³-hybridized carbons (Fsp3) is 0.810. The minimum Gasteiger partial charge on any atom is -0.371 e. The van der Waals surface area contributed by atoms with E-state index in [0.717, 1.165) is 62.6 Å². The Hall–Kier alpha value is -1.60. The zero-order chi connectivity index (χ0) is 19.1. The number of aryl methyl sites for hydroxylation is 1. The molecule has 2 aliphatic heterocycles. The van der Waals surface area contributed by atoms with E-state index >= 15 is 0 Å². The Morgan fingerprint density at radius 2 is 2.07 bits per heavy atom. The molecule has 3 heterocycles. The Morgan fingerprint density at radius 1 is 1.21 bits per heavy atom. The summed E-state index contributed by atoms with van der Waals surface area (Å²) in [6, 6.07) is 0.883. The fourth-order valence-electron chi connectivity index (χ4n) is 5.93. The summed E-state index contributed by atoms with van der Waals surface area (Å²) in [6.45, 7) is 7.32. The Bertz CT molecular complexity index is 699. The molecule has 7 nitrogen and oxygen atoms in total. The second-order valence-electron chi connectivity index (χ2n) is 9.03. The summed E-state index contributed by atoms with van der Waals surface area (Å²) >= 11 is 0. The molecule has 28 heavy (non-hydrogen) atoms. The SMILES string of the molecule is CCn1cc([C@H]2OCC[C@@H]2NC(=O)N2CCN(C3CC4CCC3C4)CC2)cn1. The number of piperazine rings is 1. The lowest BCUT2D eigenvalue weighted by Crippen LogP contribution is -2.56. The van der Waals surface area contributed by atoms with Gasteiger partial charge in [-0.25, -0.2) is 4.79 Å². The number of hydrogen-bond acceptors (Lipinski definition) is 4. The van der Waals surface area contributed by atoms with E-state index in [-0.39, 0.29) is 18.2 Å². The van der Waals surface area contributed by atoms with Crippen LogP contribution in [0.5, 0.6) is 0 Å². The summed E-state index contributed by atoms with van der Waals surface area (Å²) in [5.41, 5.74) is 1.06. The van der Waals surface area contributed by atoms with E-state index < -0.39 is 0 Å². The largest absolute Gasteiger partial charge is 0.371 e. The van der Waals surface area contributed by atoms with Crippen LogP contribution < -0.4 is 5.32 Å². The summed E-state index contributed by atoms with van der Waals surface area (Å²) in [7, 11) is 0. The molecule has 1 N–H and O–H groups in total. The monoisotopic (exact) mass is 387 g/mol. The van der Waals surface area contributed by atoms with Crippen molar-refractivity contribution in [2.75, 3.05) is 32.8 Å². The molecule has 1 aromatic rings. The minimum atomic E-state index is -0.0837. The van der Waals surface area contributed by atoms with Crippen molar-refractivity contribution in [3.63, 3.8) is 0 Å². The highest BCUT2D eigenvalue weighted by molar-refractivity contribution is 5.74. The van der Waals surface area contributed by atoms with Crippen LogP contribution in [0.25, 0.3) is 0 Å². The van der Waals surface area contributed by atoms with Gasteiger partial charge < -0.3 is 15.0 Å². The first-order chi connectivity index (χ1) is 13.7. The number of rotatable bonds is 4. The van der Waals surface area contributed by atoms with Gasteiger partial charge in [-0.15, -0.1) is 0 Å². The summed E-state index contributed by atoms with van der Waals surface area (Å²) in [5.74, 6) is 1.90. The number of urea groups is 1. The van der Waals surface area contributed by atoms with Crippen LogP contribution in [0.15, 0.2) is 12.4 Å². The maximum Gasteiger partial charge on any atom is 0.317 e. The Morgan fingerprint density at radius 3 is 2.75 bits per heavy atom. The van der Waals surface area contributed by atoms with Crippen molar-refractivity contribution in [1.82, 2.24) is 24.9 Å². The molecule has 3 unspecified atom stereocenters. The molecule has 1 aromatic heterocycles. The van der Waals surface area contributed by atoms with Crippen LogP contribution >= 0.6 is 0 Å². The Labute approximate surface area is 167 Å². The quantitative estimate of drug-likeness (QED) is 0.861. The molecular weight excluding hydrogens is 354 g/mol. The van der Waals surface area contributed by atoms with Gasteiger partial charge in [0.05, 0.1) is 12.2 Å². The number of fused-ring (bicyclic) bond motifs is 2. The van der Waals surface area contributed by atoms with E-state index in [1.165, 1.54) is 25.7 Å². The highest BCUT2D eigenvalue weighted by Crippen LogP contribution is 2.46. The summed E-state index contributed by atoms with van der Waals surface area (Å²) in [6.07, 6.45) is 10.4. The van der Waals surface area contributed by atoms with E-state index in [1.807, 2.05) is 22.0 Å². The van der Waals surface area contributed by atoms with Crippen molar-refractivity contribution in [1.29, 1.82) is 0 Å². The number of carbonyl (C=O) groups is 1. The zero-order valence-corrected chi connectivity index (χ0v) is 16.9. The summed E-state index contributed by atoms with van der Waals surface area (Å²) < 4.78 is 7.82. The van der Waals surface area contributed by atoms with Gasteiger partial charge in [-0.3, -0.25) is 9.58 Å². The molecule has 5 rings (SSSR count). The molecule has 2 bridgehead atoms. The lowest BCUT2D eigenvalue weighted by molar-refractivity contribution is 0.0771. The van der Waals surface area contributed by atoms with Gasteiger partial charge in [0, 0.05) is 57.1 Å². The number of ether oxygens (including phenoxy) is 1. The molecule has 0 aromatic carbocycles. The molecule has 4 fully saturated rings. The number of aromatic nitrogens is 2. The molecule has 2 amide bonds. The van der Waals surface area contributed by atoms with Crippen LogP contribution in [-0.2, 0) is 11.3 Å². The number of nitrogens with zero attached hydrogens (tertiary/aromatic N) is 4. The first kappa shape index (κ1) is 18.4. The van der Waals surface area contributed by atoms with Gasteiger partial charge in [-0.05, 0) is 44.4 Å². The Kier molecular flexibility index (Phi) is 5.05. The first-order valence-corrected chi connectivity index (χ1v) is 11.1. The molecule has 2 saturated heterocycles. The standard InChI is InChI=1S/C21H33N5O2/c1-2-26-14-17(13-22-26)20-18(5-10-28-20)23-21(27)25-8-6-24(7-9-25)19-12-15-3-4-16(19)11-15/h13-16,18-20H,2-12H2,1H3,(H,23,27)/t15?,16?,18-,19?,20+/m0/s1. The summed E-state index contributed by atoms with van der Waals surface area (Å²) in [4.78, 5) is 17.5. The average molecular weight is 388 g/mol. The van der Waals surface area contributed by atoms with Crippen molar-refractivity contribution in [3.05, 3.63) is 18.0 Å². The number of amides is 2. The van der Waals surface area contributed by atoms with E-state index in [1.54, 1.807) is 0 Å². The smallest absolute Gasteiger partial charge is 0.317 e. The highest BCUT2D eigenvalue weighted by atomic mass is 16.5. The number of carbonyl (C=O) groups excluding carboxylic acids is 1. The predicted molar refractivity (Wildman–Crippen MR) is 106 cm³/mol. The van der Waals surface area contributed by atoms with E-state index in [0.29, 0.717) is 6.61 Å². The molecule has 7 heteroatoms. The number of nitrogens with one attached hydrogen (secondary N) is 1. The van der Waals surface area contributed by atoms with Crippen molar-refractivity contribution in [3.8, 4) is 0 Å². The minimum absolute atomic E-state index is 0.0330. The average Bonchev–Trinajstić information content (AvgIpc) is 3.51. The third-order valence-corrected chi connectivity index (χ3v) is 7.48. The third-order valence-electron chi connectivity index (χ3n) is 7.48. The first-order valence-electron chi connectivity index (χ1n) is 11.1. The molecule has 2 aliphatic carbocycles. The lowest BCUT2D eigenvalue weighted by atomic mass is 9.93. The van der Waals surface area contributed by atoms with Crippen LogP contribution in [0.4, 0.5) is 4.79 Å². The van der Waals surface area contributed by atoms with Gasteiger partial charge in [0.2, 0.25) is 0 Å². The molecule has 2 saturated carbocycles. The van der Waals surface area contributed by atoms with E-state index in [2.05, 4.69) is 22.2 Å². The van der Waals surface area contributed by atoms with Crippen LogP contribution in [0.2, 0.25) is 0 Å². The van der Waals surface area contributed by atoms with Crippen molar-refractivity contribution >= 4 is 6.03 Å². The fourth-order valence-corrected chi connectivity index (χ4v) is 5.93. The zero-order valence-electron chi connectivity index (χ0n) is 16.9. The molecule has 0 spiro atoms. The van der Waals surface area contributed by atoms with Crippen LogP contribution in [0.1, 0.15) is 50.7 Å². The van der Waals surface area contributed by atoms with Crippen molar-refractivity contribution in [2.24, 2.45) is 11.8 Å². The van der Waals surface area contributed by atoms with Crippen molar-refractivity contribution < 1.29 is 9.53 Å².